The average Bonchev–Trinajstić information content (AvgIpc) is 2.28. The Labute approximate surface area is 108 Å². The maximum absolute atomic E-state index is 4.52. The van der Waals surface area contributed by atoms with Crippen LogP contribution in [-0.4, -0.2) is 47.8 Å². The minimum absolute atomic E-state index is 0.875. The summed E-state index contributed by atoms with van der Waals surface area (Å²) in [7, 11) is 4.17. The van der Waals surface area contributed by atoms with Crippen molar-refractivity contribution < 1.29 is 0 Å². The summed E-state index contributed by atoms with van der Waals surface area (Å²) in [5.41, 5.74) is 0. The van der Waals surface area contributed by atoms with Gasteiger partial charge in [-0.05, 0) is 21.0 Å². The topological polar surface area (TPSA) is 41.0 Å². The second-order valence-corrected chi connectivity index (χ2v) is 5.16. The van der Waals surface area contributed by atoms with E-state index in [0.717, 1.165) is 41.9 Å². The van der Waals surface area contributed by atoms with Crippen molar-refractivity contribution in [1.29, 1.82) is 0 Å². The Balaban J connectivity index is 2.66. The highest BCUT2D eigenvalue weighted by molar-refractivity contribution is 7.99. The van der Waals surface area contributed by atoms with Crippen molar-refractivity contribution in [1.82, 2.24) is 14.9 Å². The van der Waals surface area contributed by atoms with Gasteiger partial charge in [0.15, 0.2) is 0 Å². The summed E-state index contributed by atoms with van der Waals surface area (Å²) < 4.78 is 0. The lowest BCUT2D eigenvalue weighted by Crippen LogP contribution is -2.15. The van der Waals surface area contributed by atoms with Gasteiger partial charge in [-0.1, -0.05) is 6.92 Å². The number of aromatic nitrogens is 2. The number of hydrogen-bond donors (Lipinski definition) is 1. The molecular formula is C12H22N4S. The maximum Gasteiger partial charge on any atom is 0.131 e. The van der Waals surface area contributed by atoms with Gasteiger partial charge in [0.25, 0.3) is 0 Å². The molecule has 0 aromatic carbocycles. The SMILES string of the molecule is CCNc1cc(SCCN(C)C)nc(CC)n1. The molecule has 1 rings (SSSR count). The third-order valence-corrected chi connectivity index (χ3v) is 3.10. The maximum atomic E-state index is 4.52. The van der Waals surface area contributed by atoms with E-state index < -0.39 is 0 Å². The zero-order chi connectivity index (χ0) is 12.7. The minimum atomic E-state index is 0.875. The molecular weight excluding hydrogens is 232 g/mol. The van der Waals surface area contributed by atoms with Crippen LogP contribution < -0.4 is 5.32 Å². The van der Waals surface area contributed by atoms with E-state index in [1.807, 2.05) is 6.07 Å². The molecule has 17 heavy (non-hydrogen) atoms. The number of hydrogen-bond acceptors (Lipinski definition) is 5. The van der Waals surface area contributed by atoms with E-state index in [2.05, 4.69) is 48.1 Å². The molecule has 0 bridgehead atoms. The molecule has 5 heteroatoms. The van der Waals surface area contributed by atoms with Crippen LogP contribution in [0.15, 0.2) is 11.1 Å². The Kier molecular flexibility index (Phi) is 6.29. The molecule has 0 radical (unpaired) electrons. The van der Waals surface area contributed by atoms with Gasteiger partial charge >= 0.3 is 0 Å². The molecule has 0 unspecified atom stereocenters. The van der Waals surface area contributed by atoms with E-state index in [0.29, 0.717) is 0 Å². The molecule has 4 nitrogen and oxygen atoms in total. The first-order valence-corrected chi connectivity index (χ1v) is 7.03. The van der Waals surface area contributed by atoms with Crippen LogP contribution in [0.4, 0.5) is 5.82 Å². The van der Waals surface area contributed by atoms with Crippen molar-refractivity contribution in [2.24, 2.45) is 0 Å². The van der Waals surface area contributed by atoms with Crippen molar-refractivity contribution >= 4 is 17.6 Å². The van der Waals surface area contributed by atoms with Crippen LogP contribution in [0.3, 0.4) is 0 Å². The Morgan fingerprint density at radius 1 is 1.29 bits per heavy atom. The van der Waals surface area contributed by atoms with Gasteiger partial charge in [0.1, 0.15) is 16.7 Å². The van der Waals surface area contributed by atoms with Gasteiger partial charge in [-0.2, -0.15) is 0 Å². The highest BCUT2D eigenvalue weighted by Gasteiger charge is 2.03. The van der Waals surface area contributed by atoms with Crippen LogP contribution in [0.2, 0.25) is 0 Å². The Morgan fingerprint density at radius 3 is 2.65 bits per heavy atom. The van der Waals surface area contributed by atoms with Crippen LogP contribution in [0.5, 0.6) is 0 Å². The quantitative estimate of drug-likeness (QED) is 0.596. The largest absolute Gasteiger partial charge is 0.370 e. The van der Waals surface area contributed by atoms with Gasteiger partial charge < -0.3 is 10.2 Å². The average molecular weight is 254 g/mol. The zero-order valence-corrected chi connectivity index (χ0v) is 12.0. The first-order chi connectivity index (χ1) is 8.15. The molecule has 1 N–H and O–H groups in total. The molecule has 96 valence electrons. The van der Waals surface area contributed by atoms with Crippen molar-refractivity contribution in [3.05, 3.63) is 11.9 Å². The smallest absolute Gasteiger partial charge is 0.131 e. The lowest BCUT2D eigenvalue weighted by atomic mass is 10.4. The summed E-state index contributed by atoms with van der Waals surface area (Å²) in [5.74, 6) is 2.90. The fourth-order valence-corrected chi connectivity index (χ4v) is 2.34. The van der Waals surface area contributed by atoms with Gasteiger partial charge in [0.05, 0.1) is 0 Å². The number of rotatable bonds is 7. The number of anilines is 1. The van der Waals surface area contributed by atoms with Gasteiger partial charge in [0.2, 0.25) is 0 Å². The fourth-order valence-electron chi connectivity index (χ4n) is 1.31. The first kappa shape index (κ1) is 14.3. The van der Waals surface area contributed by atoms with Crippen molar-refractivity contribution in [3.63, 3.8) is 0 Å². The molecule has 0 atom stereocenters. The third-order valence-electron chi connectivity index (χ3n) is 2.21. The van der Waals surface area contributed by atoms with Crippen LogP contribution in [0, 0.1) is 0 Å². The fraction of sp³-hybridized carbons (Fsp3) is 0.667. The van der Waals surface area contributed by atoms with E-state index in [1.54, 1.807) is 11.8 Å². The van der Waals surface area contributed by atoms with Gasteiger partial charge in [-0.15, -0.1) is 11.8 Å². The summed E-state index contributed by atoms with van der Waals surface area (Å²) in [6, 6.07) is 2.03. The predicted octanol–water partition coefficient (Wildman–Crippen LogP) is 2.12. The van der Waals surface area contributed by atoms with Crippen LogP contribution in [-0.2, 0) is 6.42 Å². The summed E-state index contributed by atoms with van der Waals surface area (Å²) >= 11 is 1.79. The molecule has 1 aromatic heterocycles. The van der Waals surface area contributed by atoms with E-state index in [1.165, 1.54) is 0 Å². The van der Waals surface area contributed by atoms with E-state index in [4.69, 9.17) is 0 Å². The Morgan fingerprint density at radius 2 is 2.06 bits per heavy atom. The summed E-state index contributed by atoms with van der Waals surface area (Å²) in [6.45, 7) is 6.11. The molecule has 0 spiro atoms. The van der Waals surface area contributed by atoms with Crippen molar-refractivity contribution in [3.8, 4) is 0 Å². The monoisotopic (exact) mass is 254 g/mol. The van der Waals surface area contributed by atoms with Gasteiger partial charge in [-0.25, -0.2) is 9.97 Å². The van der Waals surface area contributed by atoms with E-state index in [9.17, 15) is 0 Å². The molecule has 0 amide bonds. The summed E-state index contributed by atoms with van der Waals surface area (Å²) in [5, 5.41) is 4.31. The van der Waals surface area contributed by atoms with Crippen molar-refractivity contribution in [2.75, 3.05) is 38.3 Å². The second-order valence-electron chi connectivity index (χ2n) is 4.04. The number of thioether (sulfide) groups is 1. The number of nitrogens with zero attached hydrogens (tertiary/aromatic N) is 3. The standard InChI is InChI=1S/C12H22N4S/c1-5-10-14-11(13-6-2)9-12(15-10)17-8-7-16(3)4/h9H,5-8H2,1-4H3,(H,13,14,15). The molecule has 0 fully saturated rings. The number of aryl methyl sites for hydroxylation is 1. The third kappa shape index (κ3) is 5.37. The van der Waals surface area contributed by atoms with Crippen molar-refractivity contribution in [2.45, 2.75) is 25.3 Å². The normalized spacial score (nSPS) is 10.9. The number of nitrogens with one attached hydrogen (secondary N) is 1. The highest BCUT2D eigenvalue weighted by atomic mass is 32.2. The highest BCUT2D eigenvalue weighted by Crippen LogP contribution is 2.18. The van der Waals surface area contributed by atoms with Crippen LogP contribution in [0.1, 0.15) is 19.7 Å². The lowest BCUT2D eigenvalue weighted by Gasteiger charge is -2.10. The van der Waals surface area contributed by atoms with Gasteiger partial charge in [-0.3, -0.25) is 0 Å². The zero-order valence-electron chi connectivity index (χ0n) is 11.2. The minimum Gasteiger partial charge on any atom is -0.370 e. The van der Waals surface area contributed by atoms with E-state index in [-0.39, 0.29) is 0 Å². The molecule has 0 aliphatic heterocycles. The molecule has 1 aromatic rings. The Hall–Kier alpha value is -0.810. The van der Waals surface area contributed by atoms with Gasteiger partial charge in [0, 0.05) is 31.3 Å². The second kappa shape index (κ2) is 7.50. The molecule has 1 heterocycles. The summed E-state index contributed by atoms with van der Waals surface area (Å²) in [6.07, 6.45) is 0.875. The molecule has 0 saturated heterocycles. The molecule has 0 aliphatic carbocycles. The van der Waals surface area contributed by atoms with E-state index >= 15 is 0 Å². The first-order valence-electron chi connectivity index (χ1n) is 6.05. The molecule has 0 saturated carbocycles. The lowest BCUT2D eigenvalue weighted by molar-refractivity contribution is 0.437. The van der Waals surface area contributed by atoms with Crippen LogP contribution in [0.25, 0.3) is 0 Å². The van der Waals surface area contributed by atoms with Crippen LogP contribution >= 0.6 is 11.8 Å². The summed E-state index contributed by atoms with van der Waals surface area (Å²) in [4.78, 5) is 11.1. The molecule has 0 aliphatic rings. The Bertz CT molecular complexity index is 341. The predicted molar refractivity (Wildman–Crippen MR) is 74.9 cm³/mol.